The normalized spacial score (nSPS) is 14.3. The van der Waals surface area contributed by atoms with Crippen LogP contribution in [0.25, 0.3) is 0 Å². The van der Waals surface area contributed by atoms with Crippen LogP contribution in [-0.4, -0.2) is 22.5 Å². The lowest BCUT2D eigenvalue weighted by molar-refractivity contribution is 0.0716. The minimum Gasteiger partial charge on any atom is -0.359 e. The van der Waals surface area contributed by atoms with E-state index in [1.807, 2.05) is 6.92 Å². The predicted octanol–water partition coefficient (Wildman–Crippen LogP) is 2.32. The Labute approximate surface area is 109 Å². The number of aromatic nitrogens is 1. The molecule has 0 fully saturated rings. The highest BCUT2D eigenvalue weighted by Crippen LogP contribution is 2.22. The molecule has 1 aliphatic rings. The van der Waals surface area contributed by atoms with Crippen molar-refractivity contribution in [3.63, 3.8) is 0 Å². The molecule has 0 saturated heterocycles. The second kappa shape index (κ2) is 4.50. The molecule has 0 spiro atoms. The van der Waals surface area contributed by atoms with Gasteiger partial charge in [-0.05, 0) is 37.6 Å². The van der Waals surface area contributed by atoms with Crippen LogP contribution in [0.1, 0.15) is 27.4 Å². The van der Waals surface area contributed by atoms with E-state index in [9.17, 15) is 9.18 Å². The van der Waals surface area contributed by atoms with Gasteiger partial charge in [-0.25, -0.2) is 4.39 Å². The second-order valence-corrected chi connectivity index (χ2v) is 4.65. The molecule has 19 heavy (non-hydrogen) atoms. The number of halogens is 1. The van der Waals surface area contributed by atoms with Crippen LogP contribution < -0.4 is 0 Å². The van der Waals surface area contributed by atoms with Gasteiger partial charge >= 0.3 is 0 Å². The van der Waals surface area contributed by atoms with Gasteiger partial charge in [0.05, 0.1) is 12.2 Å². The van der Waals surface area contributed by atoms with Gasteiger partial charge in [0.25, 0.3) is 5.91 Å². The van der Waals surface area contributed by atoms with Gasteiger partial charge in [0.2, 0.25) is 0 Å². The van der Waals surface area contributed by atoms with Crippen LogP contribution in [-0.2, 0) is 13.0 Å². The number of carbonyl (C=O) groups is 1. The van der Waals surface area contributed by atoms with E-state index in [0.29, 0.717) is 18.7 Å². The lowest BCUT2D eigenvalue weighted by Gasteiger charge is -2.25. The summed E-state index contributed by atoms with van der Waals surface area (Å²) in [5.74, 6) is 0.294. The largest absolute Gasteiger partial charge is 0.359 e. The highest BCUT2D eigenvalue weighted by molar-refractivity contribution is 5.94. The van der Waals surface area contributed by atoms with E-state index in [4.69, 9.17) is 4.52 Å². The van der Waals surface area contributed by atoms with Crippen molar-refractivity contribution in [1.29, 1.82) is 0 Å². The number of hydrogen-bond donors (Lipinski definition) is 0. The molecule has 0 atom stereocenters. The van der Waals surface area contributed by atoms with Crippen LogP contribution in [0.15, 0.2) is 28.8 Å². The smallest absolute Gasteiger partial charge is 0.254 e. The Morgan fingerprint density at radius 1 is 1.37 bits per heavy atom. The fraction of sp³-hybridized carbons (Fsp3) is 0.286. The molecule has 0 N–H and O–H groups in total. The molecule has 1 aliphatic heterocycles. The summed E-state index contributed by atoms with van der Waals surface area (Å²) < 4.78 is 18.1. The Morgan fingerprint density at radius 2 is 2.11 bits per heavy atom. The Balaban J connectivity index is 1.81. The SMILES string of the molecule is Cc1noc2c1CCN(C(=O)c1ccc(F)cc1)C2. The van der Waals surface area contributed by atoms with Gasteiger partial charge in [0.1, 0.15) is 5.82 Å². The fourth-order valence-corrected chi connectivity index (χ4v) is 2.33. The Morgan fingerprint density at radius 3 is 2.84 bits per heavy atom. The standard InChI is InChI=1S/C14H13FN2O2/c1-9-12-6-7-17(8-13(12)19-16-9)14(18)10-2-4-11(15)5-3-10/h2-5H,6-8H2,1H3. The summed E-state index contributed by atoms with van der Waals surface area (Å²) >= 11 is 0. The number of fused-ring (bicyclic) bond motifs is 1. The molecule has 1 aromatic heterocycles. The summed E-state index contributed by atoms with van der Waals surface area (Å²) in [5.41, 5.74) is 2.48. The summed E-state index contributed by atoms with van der Waals surface area (Å²) in [6.45, 7) is 2.96. The molecule has 0 saturated carbocycles. The Hall–Kier alpha value is -2.17. The molecule has 0 radical (unpaired) electrons. The third kappa shape index (κ3) is 2.12. The van der Waals surface area contributed by atoms with Crippen LogP contribution in [0.5, 0.6) is 0 Å². The van der Waals surface area contributed by atoms with Crippen LogP contribution in [0.4, 0.5) is 4.39 Å². The maximum atomic E-state index is 12.8. The van der Waals surface area contributed by atoms with E-state index in [2.05, 4.69) is 5.16 Å². The quantitative estimate of drug-likeness (QED) is 0.790. The average Bonchev–Trinajstić information content (AvgIpc) is 2.80. The summed E-state index contributed by atoms with van der Waals surface area (Å²) in [7, 11) is 0. The molecule has 3 rings (SSSR count). The molecule has 4 nitrogen and oxygen atoms in total. The maximum absolute atomic E-state index is 12.8. The molecule has 2 aromatic rings. The minimum absolute atomic E-state index is 0.111. The number of benzene rings is 1. The van der Waals surface area contributed by atoms with Gasteiger partial charge in [0.15, 0.2) is 5.76 Å². The summed E-state index contributed by atoms with van der Waals surface area (Å²) in [5, 5.41) is 3.91. The number of nitrogens with zero attached hydrogens (tertiary/aromatic N) is 2. The van der Waals surface area contributed by atoms with Crippen molar-refractivity contribution >= 4 is 5.91 Å². The number of hydrogen-bond acceptors (Lipinski definition) is 3. The molecule has 5 heteroatoms. The van der Waals surface area contributed by atoms with Gasteiger partial charge in [-0.15, -0.1) is 0 Å². The van der Waals surface area contributed by atoms with E-state index in [0.717, 1.165) is 23.4 Å². The van der Waals surface area contributed by atoms with Gasteiger partial charge in [-0.1, -0.05) is 5.16 Å². The molecule has 98 valence electrons. The van der Waals surface area contributed by atoms with Crippen LogP contribution in [0, 0.1) is 12.7 Å². The van der Waals surface area contributed by atoms with Crippen molar-refractivity contribution in [3.8, 4) is 0 Å². The van der Waals surface area contributed by atoms with Crippen molar-refractivity contribution in [2.45, 2.75) is 19.9 Å². The van der Waals surface area contributed by atoms with Crippen LogP contribution >= 0.6 is 0 Å². The van der Waals surface area contributed by atoms with Gasteiger partial charge < -0.3 is 9.42 Å². The summed E-state index contributed by atoms with van der Waals surface area (Å²) in [6.07, 6.45) is 0.748. The summed E-state index contributed by atoms with van der Waals surface area (Å²) in [4.78, 5) is 14.0. The maximum Gasteiger partial charge on any atom is 0.254 e. The Bertz CT molecular complexity index is 619. The third-order valence-corrected chi connectivity index (χ3v) is 3.41. The van der Waals surface area contributed by atoms with E-state index >= 15 is 0 Å². The van der Waals surface area contributed by atoms with Crippen LogP contribution in [0.3, 0.4) is 0 Å². The zero-order valence-electron chi connectivity index (χ0n) is 10.5. The van der Waals surface area contributed by atoms with E-state index in [1.165, 1.54) is 24.3 Å². The molecule has 1 amide bonds. The molecular weight excluding hydrogens is 247 g/mol. The van der Waals surface area contributed by atoms with E-state index < -0.39 is 0 Å². The number of aryl methyl sites for hydroxylation is 1. The highest BCUT2D eigenvalue weighted by atomic mass is 19.1. The molecule has 2 heterocycles. The third-order valence-electron chi connectivity index (χ3n) is 3.41. The van der Waals surface area contributed by atoms with Crippen LogP contribution in [0.2, 0.25) is 0 Å². The zero-order valence-corrected chi connectivity index (χ0v) is 10.5. The lowest BCUT2D eigenvalue weighted by Crippen LogP contribution is -2.35. The first-order valence-electron chi connectivity index (χ1n) is 6.14. The van der Waals surface area contributed by atoms with Crippen molar-refractivity contribution in [1.82, 2.24) is 10.1 Å². The molecule has 0 aliphatic carbocycles. The van der Waals surface area contributed by atoms with Crippen molar-refractivity contribution in [2.24, 2.45) is 0 Å². The van der Waals surface area contributed by atoms with E-state index in [1.54, 1.807) is 4.90 Å². The second-order valence-electron chi connectivity index (χ2n) is 4.65. The Kier molecular flexibility index (Phi) is 2.81. The lowest BCUT2D eigenvalue weighted by atomic mass is 10.0. The average molecular weight is 260 g/mol. The fourth-order valence-electron chi connectivity index (χ4n) is 2.33. The number of carbonyl (C=O) groups excluding carboxylic acids is 1. The predicted molar refractivity (Wildman–Crippen MR) is 66.1 cm³/mol. The first-order chi connectivity index (χ1) is 9.15. The molecule has 0 bridgehead atoms. The number of amides is 1. The van der Waals surface area contributed by atoms with Gasteiger partial charge in [-0.3, -0.25) is 4.79 Å². The molecule has 0 unspecified atom stereocenters. The summed E-state index contributed by atoms with van der Waals surface area (Å²) in [6, 6.07) is 5.58. The van der Waals surface area contributed by atoms with Gasteiger partial charge in [-0.2, -0.15) is 0 Å². The first kappa shape index (κ1) is 11.9. The zero-order chi connectivity index (χ0) is 13.4. The number of rotatable bonds is 1. The minimum atomic E-state index is -0.344. The molecular formula is C14H13FN2O2. The van der Waals surface area contributed by atoms with Crippen molar-refractivity contribution in [3.05, 3.63) is 52.7 Å². The van der Waals surface area contributed by atoms with E-state index in [-0.39, 0.29) is 11.7 Å². The monoisotopic (exact) mass is 260 g/mol. The molecule has 1 aromatic carbocycles. The van der Waals surface area contributed by atoms with Gasteiger partial charge in [0, 0.05) is 17.7 Å². The highest BCUT2D eigenvalue weighted by Gasteiger charge is 2.26. The van der Waals surface area contributed by atoms with Crippen molar-refractivity contribution in [2.75, 3.05) is 6.54 Å². The topological polar surface area (TPSA) is 46.3 Å². The first-order valence-corrected chi connectivity index (χ1v) is 6.14. The van der Waals surface area contributed by atoms with Crippen molar-refractivity contribution < 1.29 is 13.7 Å².